The van der Waals surface area contributed by atoms with Crippen molar-refractivity contribution in [2.45, 2.75) is 49.7 Å². The minimum Gasteiger partial charge on any atom is -0.497 e. The van der Waals surface area contributed by atoms with E-state index in [2.05, 4.69) is 5.32 Å². The van der Waals surface area contributed by atoms with Gasteiger partial charge in [-0.25, -0.2) is 8.42 Å². The van der Waals surface area contributed by atoms with Crippen LogP contribution in [0.1, 0.15) is 47.6 Å². The van der Waals surface area contributed by atoms with E-state index in [1.807, 2.05) is 66.7 Å². The maximum atomic E-state index is 14.1. The zero-order valence-electron chi connectivity index (χ0n) is 25.8. The summed E-state index contributed by atoms with van der Waals surface area (Å²) in [5.74, 6) is 0.177. The Labute approximate surface area is 276 Å². The number of hydrogen-bond acceptors (Lipinski definition) is 5. The van der Waals surface area contributed by atoms with Gasteiger partial charge in [0.1, 0.15) is 11.8 Å². The zero-order valence-corrected chi connectivity index (χ0v) is 27.3. The molecule has 0 spiro atoms. The van der Waals surface area contributed by atoms with Gasteiger partial charge in [0.05, 0.1) is 12.0 Å². The van der Waals surface area contributed by atoms with Gasteiger partial charge in [-0.15, -0.1) is 0 Å². The van der Waals surface area contributed by atoms with Gasteiger partial charge in [0.15, 0.2) is 0 Å². The first-order valence-corrected chi connectivity index (χ1v) is 17.1. The Balaban J connectivity index is 1.38. The average Bonchev–Trinajstić information content (AvgIpc) is 3.64. The molecule has 0 aliphatic carbocycles. The molecule has 8 nitrogen and oxygen atoms in total. The van der Waals surface area contributed by atoms with Crippen molar-refractivity contribution in [1.29, 1.82) is 0 Å². The van der Waals surface area contributed by atoms with E-state index >= 15 is 0 Å². The highest BCUT2D eigenvalue weighted by molar-refractivity contribution is 7.89. The second-order valence-corrected chi connectivity index (χ2v) is 13.7. The lowest BCUT2D eigenvalue weighted by Gasteiger charge is -2.32. The van der Waals surface area contributed by atoms with E-state index in [9.17, 15) is 18.0 Å². The van der Waals surface area contributed by atoms with Crippen LogP contribution in [0.2, 0.25) is 5.02 Å². The van der Waals surface area contributed by atoms with E-state index in [1.165, 1.54) is 4.31 Å². The highest BCUT2D eigenvalue weighted by Gasteiger charge is 2.32. The summed E-state index contributed by atoms with van der Waals surface area (Å²) in [7, 11) is -1.93. The van der Waals surface area contributed by atoms with Crippen LogP contribution in [0.4, 0.5) is 0 Å². The Hall–Kier alpha value is -4.18. The van der Waals surface area contributed by atoms with E-state index in [-0.39, 0.29) is 36.2 Å². The molecule has 0 saturated carbocycles. The summed E-state index contributed by atoms with van der Waals surface area (Å²) in [6.45, 7) is 1.55. The fourth-order valence-corrected chi connectivity index (χ4v) is 7.19. The van der Waals surface area contributed by atoms with Crippen LogP contribution in [0.25, 0.3) is 0 Å². The number of hydrogen-bond donors (Lipinski definition) is 1. The molecule has 1 saturated heterocycles. The molecule has 46 heavy (non-hydrogen) atoms. The molecule has 1 aliphatic heterocycles. The largest absolute Gasteiger partial charge is 0.497 e. The van der Waals surface area contributed by atoms with E-state index in [4.69, 9.17) is 16.3 Å². The number of rotatable bonds is 13. The third-order valence-electron chi connectivity index (χ3n) is 8.14. The van der Waals surface area contributed by atoms with E-state index < -0.39 is 16.1 Å². The van der Waals surface area contributed by atoms with Crippen LogP contribution in [0, 0.1) is 0 Å². The average molecular weight is 660 g/mol. The summed E-state index contributed by atoms with van der Waals surface area (Å²) in [5.41, 5.74) is 3.25. The van der Waals surface area contributed by atoms with Crippen molar-refractivity contribution in [3.63, 3.8) is 0 Å². The van der Waals surface area contributed by atoms with Crippen molar-refractivity contribution in [1.82, 2.24) is 14.5 Å². The molecular weight excluding hydrogens is 622 g/mol. The van der Waals surface area contributed by atoms with Crippen molar-refractivity contribution in [2.24, 2.45) is 0 Å². The molecule has 0 bridgehead atoms. The molecule has 0 aromatic heterocycles. The number of ether oxygens (including phenoxy) is 1. The lowest BCUT2D eigenvalue weighted by molar-refractivity contribution is -0.141. The molecule has 240 valence electrons. The summed E-state index contributed by atoms with van der Waals surface area (Å²) in [6, 6.07) is 29.8. The number of carbonyl (C=O) groups is 2. The quantitative estimate of drug-likeness (QED) is 0.186. The Morgan fingerprint density at radius 3 is 2.09 bits per heavy atom. The third kappa shape index (κ3) is 8.34. The number of carbonyl (C=O) groups excluding carboxylic acids is 2. The maximum Gasteiger partial charge on any atom is 0.247 e. The van der Waals surface area contributed by atoms with Crippen LogP contribution >= 0.6 is 11.6 Å². The van der Waals surface area contributed by atoms with Gasteiger partial charge >= 0.3 is 0 Å². The Kier molecular flexibility index (Phi) is 11.1. The number of amides is 2. The first kappa shape index (κ1) is 33.2. The van der Waals surface area contributed by atoms with Gasteiger partial charge in [0.25, 0.3) is 0 Å². The summed E-state index contributed by atoms with van der Waals surface area (Å²) in [4.78, 5) is 29.9. The van der Waals surface area contributed by atoms with Gasteiger partial charge in [0.2, 0.25) is 21.8 Å². The summed E-state index contributed by atoms with van der Waals surface area (Å²) < 4.78 is 32.8. The number of nitrogens with one attached hydrogen (secondary N) is 1. The molecule has 1 atom stereocenters. The zero-order chi connectivity index (χ0) is 32.5. The Bertz CT molecular complexity index is 1710. The third-order valence-corrected chi connectivity index (χ3v) is 10.3. The molecule has 2 amide bonds. The first-order valence-electron chi connectivity index (χ1n) is 15.3. The number of nitrogens with zero attached hydrogens (tertiary/aromatic N) is 2. The predicted octanol–water partition coefficient (Wildman–Crippen LogP) is 6.15. The minimum atomic E-state index is -3.52. The fourth-order valence-electron chi connectivity index (χ4n) is 5.55. The highest BCUT2D eigenvalue weighted by atomic mass is 35.5. The summed E-state index contributed by atoms with van der Waals surface area (Å²) >= 11 is 6.04. The molecule has 0 unspecified atom stereocenters. The molecule has 4 aromatic carbocycles. The number of benzene rings is 4. The molecule has 5 rings (SSSR count). The van der Waals surface area contributed by atoms with Crippen LogP contribution in [0.5, 0.6) is 5.75 Å². The standard InChI is InChI=1S/C36H38ClN3O5S/c1-45-32-18-11-29(12-19-32)26-40(34(41)22-15-27-13-20-33(21-14-27)46(43,44)39-23-5-6-24-39)35(30-7-3-2-4-8-30)36(42)38-25-28-9-16-31(37)17-10-28/h2-4,7-14,16-21,35H,5-6,15,22-26H2,1H3,(H,38,42)/t35-/m1/s1. The normalized spacial score (nSPS) is 14.0. The van der Waals surface area contributed by atoms with Gasteiger partial charge in [-0.1, -0.05) is 78.3 Å². The molecule has 10 heteroatoms. The minimum absolute atomic E-state index is 0.127. The Morgan fingerprint density at radius 1 is 0.848 bits per heavy atom. The number of halogens is 1. The molecule has 1 aliphatic rings. The molecule has 1 heterocycles. The number of aryl methyl sites for hydroxylation is 1. The van der Waals surface area contributed by atoms with Crippen molar-refractivity contribution in [3.05, 3.63) is 130 Å². The van der Waals surface area contributed by atoms with Crippen LogP contribution in [-0.4, -0.2) is 49.6 Å². The van der Waals surface area contributed by atoms with Crippen LogP contribution < -0.4 is 10.1 Å². The SMILES string of the molecule is COc1ccc(CN(C(=O)CCc2ccc(S(=O)(=O)N3CCCC3)cc2)[C@@H](C(=O)NCc2ccc(Cl)cc2)c2ccccc2)cc1. The monoisotopic (exact) mass is 659 g/mol. The fraction of sp³-hybridized carbons (Fsp3) is 0.278. The van der Waals surface area contributed by atoms with Gasteiger partial charge < -0.3 is 15.0 Å². The second kappa shape index (κ2) is 15.4. The second-order valence-electron chi connectivity index (χ2n) is 11.3. The highest BCUT2D eigenvalue weighted by Crippen LogP contribution is 2.27. The topological polar surface area (TPSA) is 96.0 Å². The van der Waals surface area contributed by atoms with E-state index in [1.54, 1.807) is 48.4 Å². The number of sulfonamides is 1. The summed E-state index contributed by atoms with van der Waals surface area (Å²) in [5, 5.41) is 3.62. The first-order chi connectivity index (χ1) is 22.2. The van der Waals surface area contributed by atoms with Crippen molar-refractivity contribution < 1.29 is 22.7 Å². The molecule has 1 N–H and O–H groups in total. The van der Waals surface area contributed by atoms with E-state index in [0.717, 1.165) is 29.5 Å². The molecular formula is C36H38ClN3O5S. The van der Waals surface area contributed by atoms with Crippen LogP contribution in [0.3, 0.4) is 0 Å². The van der Waals surface area contributed by atoms with E-state index in [0.29, 0.717) is 35.8 Å². The van der Waals surface area contributed by atoms with Crippen LogP contribution in [0.15, 0.2) is 108 Å². The van der Waals surface area contributed by atoms with Crippen molar-refractivity contribution in [2.75, 3.05) is 20.2 Å². The summed E-state index contributed by atoms with van der Waals surface area (Å²) in [6.07, 6.45) is 2.25. The number of methoxy groups -OCH3 is 1. The smallest absolute Gasteiger partial charge is 0.247 e. The molecule has 0 radical (unpaired) electrons. The van der Waals surface area contributed by atoms with Crippen molar-refractivity contribution in [3.8, 4) is 5.75 Å². The lowest BCUT2D eigenvalue weighted by Crippen LogP contribution is -2.43. The van der Waals surface area contributed by atoms with Crippen molar-refractivity contribution >= 4 is 33.4 Å². The van der Waals surface area contributed by atoms with Gasteiger partial charge in [-0.05, 0) is 77.9 Å². The Morgan fingerprint density at radius 2 is 1.46 bits per heavy atom. The lowest BCUT2D eigenvalue weighted by atomic mass is 10.0. The van der Waals surface area contributed by atoms with Gasteiger partial charge in [0, 0.05) is 37.6 Å². The predicted molar refractivity (Wildman–Crippen MR) is 179 cm³/mol. The van der Waals surface area contributed by atoms with Crippen LogP contribution in [-0.2, 0) is 39.1 Å². The van der Waals surface area contributed by atoms with Gasteiger partial charge in [-0.2, -0.15) is 4.31 Å². The van der Waals surface area contributed by atoms with Gasteiger partial charge in [-0.3, -0.25) is 9.59 Å². The maximum absolute atomic E-state index is 14.1. The molecule has 1 fully saturated rings. The molecule has 4 aromatic rings.